The minimum Gasteiger partial charge on any atom is -0.454 e. The highest BCUT2D eigenvalue weighted by Gasteiger charge is 2.27. The lowest BCUT2D eigenvalue weighted by atomic mass is 10.0. The van der Waals surface area contributed by atoms with E-state index in [1.54, 1.807) is 49.9 Å². The van der Waals surface area contributed by atoms with Crippen molar-refractivity contribution >= 4 is 41.1 Å². The third kappa shape index (κ3) is 8.63. The van der Waals surface area contributed by atoms with E-state index in [0.29, 0.717) is 11.6 Å². The van der Waals surface area contributed by atoms with Crippen LogP contribution in [0.1, 0.15) is 30.6 Å². The Hall–Kier alpha value is -2.51. The van der Waals surface area contributed by atoms with Crippen LogP contribution in [0.4, 0.5) is 0 Å². The van der Waals surface area contributed by atoms with Gasteiger partial charge in [0, 0.05) is 11.4 Å². The molecule has 0 heterocycles. The Labute approximate surface area is 192 Å². The lowest BCUT2D eigenvalue weighted by Gasteiger charge is -2.21. The molecule has 0 aliphatic heterocycles. The van der Waals surface area contributed by atoms with Crippen molar-refractivity contribution in [1.82, 2.24) is 10.6 Å². The van der Waals surface area contributed by atoms with Gasteiger partial charge in [-0.3, -0.25) is 9.59 Å². The Morgan fingerprint density at radius 2 is 1.71 bits per heavy atom. The number of carbonyl (C=O) groups excluding carboxylic acids is 3. The van der Waals surface area contributed by atoms with E-state index in [4.69, 9.17) is 16.3 Å². The summed E-state index contributed by atoms with van der Waals surface area (Å²) in [6.07, 6.45) is 0.793. The molecule has 2 rings (SSSR count). The fourth-order valence-corrected chi connectivity index (χ4v) is 3.74. The molecule has 0 unspecified atom stereocenters. The zero-order valence-electron chi connectivity index (χ0n) is 17.6. The first-order valence-corrected chi connectivity index (χ1v) is 11.4. The number of hydrogen-bond donors (Lipinski definition) is 2. The van der Waals surface area contributed by atoms with Crippen LogP contribution in [0.3, 0.4) is 0 Å². The molecule has 2 aromatic rings. The van der Waals surface area contributed by atoms with Gasteiger partial charge in [0.25, 0.3) is 11.8 Å². The van der Waals surface area contributed by atoms with Gasteiger partial charge in [-0.2, -0.15) is 0 Å². The highest BCUT2D eigenvalue weighted by atomic mass is 35.5. The average molecular weight is 463 g/mol. The van der Waals surface area contributed by atoms with Crippen molar-refractivity contribution in [3.63, 3.8) is 0 Å². The average Bonchev–Trinajstić information content (AvgIpc) is 2.76. The predicted octanol–water partition coefficient (Wildman–Crippen LogP) is 3.94. The molecule has 2 N–H and O–H groups in total. The first-order valence-electron chi connectivity index (χ1n) is 10.0. The molecule has 0 bridgehead atoms. The number of ether oxygens (including phenoxy) is 1. The van der Waals surface area contributed by atoms with E-state index in [-0.39, 0.29) is 17.4 Å². The monoisotopic (exact) mass is 462 g/mol. The summed E-state index contributed by atoms with van der Waals surface area (Å²) in [7, 11) is 0. The van der Waals surface area contributed by atoms with Crippen LogP contribution in [-0.2, 0) is 14.3 Å². The summed E-state index contributed by atoms with van der Waals surface area (Å²) in [5.41, 5.74) is 0.272. The lowest BCUT2D eigenvalue weighted by Crippen LogP contribution is -2.46. The summed E-state index contributed by atoms with van der Waals surface area (Å²) in [4.78, 5) is 38.0. The zero-order chi connectivity index (χ0) is 22.6. The van der Waals surface area contributed by atoms with Crippen molar-refractivity contribution in [2.24, 2.45) is 5.92 Å². The predicted molar refractivity (Wildman–Crippen MR) is 123 cm³/mol. The van der Waals surface area contributed by atoms with E-state index in [1.807, 2.05) is 30.3 Å². The number of carbonyl (C=O) groups is 3. The van der Waals surface area contributed by atoms with Crippen LogP contribution < -0.4 is 10.6 Å². The van der Waals surface area contributed by atoms with Gasteiger partial charge in [-0.05, 0) is 42.4 Å². The van der Waals surface area contributed by atoms with Gasteiger partial charge in [0.05, 0.1) is 10.6 Å². The molecule has 1 atom stereocenters. The molecular formula is C23H27ClN2O4S. The molecule has 2 aromatic carbocycles. The van der Waals surface area contributed by atoms with Crippen molar-refractivity contribution in [2.75, 3.05) is 18.9 Å². The maximum Gasteiger partial charge on any atom is 0.329 e. The SMILES string of the molecule is CC(C)[C@H](NC(=O)c1ccccc1Cl)C(=O)OCC(=O)NCCCSc1ccccc1. The van der Waals surface area contributed by atoms with Crippen LogP contribution in [0.15, 0.2) is 59.5 Å². The number of benzene rings is 2. The van der Waals surface area contributed by atoms with Crippen LogP contribution in [0.2, 0.25) is 5.02 Å². The minimum atomic E-state index is -0.890. The summed E-state index contributed by atoms with van der Waals surface area (Å²) in [5.74, 6) is -0.866. The molecule has 0 aromatic heterocycles. The fraction of sp³-hybridized carbons (Fsp3) is 0.348. The highest BCUT2D eigenvalue weighted by molar-refractivity contribution is 7.99. The van der Waals surface area contributed by atoms with Crippen LogP contribution in [0, 0.1) is 5.92 Å². The van der Waals surface area contributed by atoms with Crippen LogP contribution >= 0.6 is 23.4 Å². The molecule has 0 spiro atoms. The minimum absolute atomic E-state index is 0.225. The maximum atomic E-state index is 12.4. The van der Waals surface area contributed by atoms with E-state index < -0.39 is 24.5 Å². The Balaban J connectivity index is 1.72. The first kappa shape index (κ1) is 24.8. The van der Waals surface area contributed by atoms with Gasteiger partial charge in [-0.15, -0.1) is 11.8 Å². The topological polar surface area (TPSA) is 84.5 Å². The molecule has 0 radical (unpaired) electrons. The van der Waals surface area contributed by atoms with Gasteiger partial charge in [0.15, 0.2) is 6.61 Å². The number of amides is 2. The molecule has 0 saturated carbocycles. The third-order valence-corrected chi connectivity index (χ3v) is 5.75. The summed E-state index contributed by atoms with van der Waals surface area (Å²) in [6, 6.07) is 15.7. The third-order valence-electron chi connectivity index (χ3n) is 4.33. The van der Waals surface area contributed by atoms with E-state index in [0.717, 1.165) is 12.2 Å². The Morgan fingerprint density at radius 1 is 1.03 bits per heavy atom. The molecule has 166 valence electrons. The number of rotatable bonds is 11. The highest BCUT2D eigenvalue weighted by Crippen LogP contribution is 2.17. The Bertz CT molecular complexity index is 877. The molecule has 0 fully saturated rings. The second kappa shape index (κ2) is 13.0. The summed E-state index contributed by atoms with van der Waals surface area (Å²) in [5, 5.41) is 5.66. The Kier molecular flexibility index (Phi) is 10.4. The lowest BCUT2D eigenvalue weighted by molar-refractivity contribution is -0.151. The van der Waals surface area contributed by atoms with Gasteiger partial charge in [-0.1, -0.05) is 55.8 Å². The molecular weight excluding hydrogens is 436 g/mol. The summed E-state index contributed by atoms with van der Waals surface area (Å²) >= 11 is 7.75. The quantitative estimate of drug-likeness (QED) is 0.300. The number of nitrogens with one attached hydrogen (secondary N) is 2. The van der Waals surface area contributed by atoms with Crippen molar-refractivity contribution in [2.45, 2.75) is 31.2 Å². The van der Waals surface area contributed by atoms with Crippen LogP contribution in [0.25, 0.3) is 0 Å². The molecule has 0 aliphatic carbocycles. The number of thioether (sulfide) groups is 1. The van der Waals surface area contributed by atoms with Gasteiger partial charge in [0.2, 0.25) is 0 Å². The molecule has 0 aliphatic rings. The summed E-state index contributed by atoms with van der Waals surface area (Å²) in [6.45, 7) is 3.66. The zero-order valence-corrected chi connectivity index (χ0v) is 19.2. The second-order valence-corrected chi connectivity index (χ2v) is 8.72. The first-order chi connectivity index (χ1) is 14.9. The van der Waals surface area contributed by atoms with Gasteiger partial charge in [0.1, 0.15) is 6.04 Å². The summed E-state index contributed by atoms with van der Waals surface area (Å²) < 4.78 is 5.12. The smallest absolute Gasteiger partial charge is 0.329 e. The molecule has 2 amide bonds. The van der Waals surface area contributed by atoms with E-state index in [9.17, 15) is 14.4 Å². The molecule has 8 heteroatoms. The number of halogens is 1. The van der Waals surface area contributed by atoms with Gasteiger partial charge < -0.3 is 15.4 Å². The van der Waals surface area contributed by atoms with E-state index >= 15 is 0 Å². The van der Waals surface area contributed by atoms with Crippen LogP contribution in [0.5, 0.6) is 0 Å². The normalized spacial score (nSPS) is 11.6. The molecule has 0 saturated heterocycles. The Morgan fingerprint density at radius 3 is 2.39 bits per heavy atom. The second-order valence-electron chi connectivity index (χ2n) is 7.15. The van der Waals surface area contributed by atoms with E-state index in [1.165, 1.54) is 4.90 Å². The maximum absolute atomic E-state index is 12.4. The van der Waals surface area contributed by atoms with Gasteiger partial charge in [-0.25, -0.2) is 4.79 Å². The number of esters is 1. The van der Waals surface area contributed by atoms with E-state index in [2.05, 4.69) is 10.6 Å². The van der Waals surface area contributed by atoms with Gasteiger partial charge >= 0.3 is 5.97 Å². The van der Waals surface area contributed by atoms with Crippen LogP contribution in [-0.4, -0.2) is 42.7 Å². The van der Waals surface area contributed by atoms with Crippen molar-refractivity contribution in [3.05, 3.63) is 65.2 Å². The molecule has 31 heavy (non-hydrogen) atoms. The fourth-order valence-electron chi connectivity index (χ4n) is 2.65. The number of hydrogen-bond acceptors (Lipinski definition) is 5. The van der Waals surface area contributed by atoms with Crippen molar-refractivity contribution in [3.8, 4) is 0 Å². The van der Waals surface area contributed by atoms with Crippen molar-refractivity contribution in [1.29, 1.82) is 0 Å². The van der Waals surface area contributed by atoms with Crippen molar-refractivity contribution < 1.29 is 19.1 Å². The molecule has 6 nitrogen and oxygen atoms in total. The largest absolute Gasteiger partial charge is 0.454 e. The standard InChI is InChI=1S/C23H27ClN2O4S/c1-16(2)21(26-22(28)18-11-6-7-12-19(18)24)23(29)30-15-20(27)25-13-8-14-31-17-9-4-3-5-10-17/h3-7,9-12,16,21H,8,13-15H2,1-2H3,(H,25,27)(H,26,28)/t21-/m0/s1.